The van der Waals surface area contributed by atoms with Gasteiger partial charge in [-0.3, -0.25) is 9.63 Å². The average Bonchev–Trinajstić information content (AvgIpc) is 3.43. The first-order valence-corrected chi connectivity index (χ1v) is 17.4. The smallest absolute Gasteiger partial charge is 0.196 e. The lowest BCUT2D eigenvalue weighted by Gasteiger charge is -2.55. The minimum Gasteiger partial charge on any atom is -0.507 e. The normalized spacial score (nSPS) is 19.6. The number of unbranched alkanes of at least 4 members (excludes halogenated alkanes) is 1. The van der Waals surface area contributed by atoms with E-state index >= 15 is 0 Å². The van der Waals surface area contributed by atoms with E-state index in [-0.39, 0.29) is 40.8 Å². The number of hydroxylamine groups is 2. The van der Waals surface area contributed by atoms with Gasteiger partial charge in [-0.05, 0) is 90.0 Å². The summed E-state index contributed by atoms with van der Waals surface area (Å²) in [5, 5.41) is 24.2. The third-order valence-electron chi connectivity index (χ3n) is 9.81. The highest BCUT2D eigenvalue weighted by molar-refractivity contribution is 6.10. The molecule has 7 heteroatoms. The lowest BCUT2D eigenvalue weighted by atomic mass is 9.78. The first kappa shape index (κ1) is 34.2. The number of rotatable bonds is 13. The summed E-state index contributed by atoms with van der Waals surface area (Å²) in [7, 11) is 0. The van der Waals surface area contributed by atoms with E-state index in [4.69, 9.17) is 9.57 Å². The van der Waals surface area contributed by atoms with Crippen LogP contribution in [0.25, 0.3) is 0 Å². The minimum atomic E-state index is -0.738. The fourth-order valence-corrected chi connectivity index (χ4v) is 7.72. The van der Waals surface area contributed by atoms with E-state index in [2.05, 4.69) is 56.5 Å². The Morgan fingerprint density at radius 3 is 2.33 bits per heavy atom. The molecule has 0 bridgehead atoms. The SMILES string of the molecule is CCCCc1ccn(C2CC(C)(C)N(OC3CCCCC3)C(C)(C)C2)c1CC(O)COc1ccc(C(=O)c2ccccc2)c(O)c1. The van der Waals surface area contributed by atoms with Crippen molar-refractivity contribution in [2.45, 2.75) is 135 Å². The van der Waals surface area contributed by atoms with Gasteiger partial charge in [0.25, 0.3) is 0 Å². The van der Waals surface area contributed by atoms with Gasteiger partial charge in [0, 0.05) is 47.1 Å². The number of phenols is 1. The number of nitrogens with zero attached hydrogens (tertiary/aromatic N) is 2. The van der Waals surface area contributed by atoms with Crippen LogP contribution in [0, 0.1) is 0 Å². The fraction of sp³-hybridized carbons (Fsp3) is 0.564. The molecular weight excluding hydrogens is 576 g/mol. The number of aryl methyl sites for hydroxylation is 1. The highest BCUT2D eigenvalue weighted by Gasteiger charge is 2.48. The van der Waals surface area contributed by atoms with E-state index < -0.39 is 6.10 Å². The van der Waals surface area contributed by atoms with E-state index in [1.165, 1.54) is 36.6 Å². The quantitative estimate of drug-likeness (QED) is 0.185. The predicted octanol–water partition coefficient (Wildman–Crippen LogP) is 8.21. The van der Waals surface area contributed by atoms with Crippen LogP contribution in [-0.2, 0) is 17.7 Å². The lowest BCUT2D eigenvalue weighted by molar-refractivity contribution is -0.312. The molecule has 3 aromatic rings. The van der Waals surface area contributed by atoms with Crippen molar-refractivity contribution >= 4 is 5.78 Å². The molecular formula is C39H54N2O5. The molecule has 250 valence electrons. The zero-order chi connectivity index (χ0) is 32.9. The zero-order valence-corrected chi connectivity index (χ0v) is 28.5. The molecule has 46 heavy (non-hydrogen) atoms. The van der Waals surface area contributed by atoms with Crippen LogP contribution in [0.2, 0.25) is 0 Å². The number of benzene rings is 2. The van der Waals surface area contributed by atoms with E-state index in [1.807, 2.05) is 6.07 Å². The maximum atomic E-state index is 12.8. The lowest BCUT2D eigenvalue weighted by Crippen LogP contribution is -2.61. The van der Waals surface area contributed by atoms with Gasteiger partial charge in [-0.25, -0.2) is 0 Å². The number of hydrogen-bond acceptors (Lipinski definition) is 6. The molecule has 2 heterocycles. The Balaban J connectivity index is 1.28. The van der Waals surface area contributed by atoms with Crippen molar-refractivity contribution in [1.29, 1.82) is 0 Å². The molecule has 2 aliphatic rings. The minimum absolute atomic E-state index is 0.0779. The zero-order valence-electron chi connectivity index (χ0n) is 28.5. The number of carbonyl (C=O) groups excluding carboxylic acids is 1. The van der Waals surface area contributed by atoms with Gasteiger partial charge in [0.05, 0.1) is 17.8 Å². The fourth-order valence-electron chi connectivity index (χ4n) is 7.72. The van der Waals surface area contributed by atoms with Gasteiger partial charge in [-0.15, -0.1) is 0 Å². The van der Waals surface area contributed by atoms with Crippen LogP contribution in [0.1, 0.15) is 126 Å². The molecule has 2 fully saturated rings. The van der Waals surface area contributed by atoms with Gasteiger partial charge in [0.1, 0.15) is 18.1 Å². The monoisotopic (exact) mass is 630 g/mol. The molecule has 1 unspecified atom stereocenters. The predicted molar refractivity (Wildman–Crippen MR) is 182 cm³/mol. The third kappa shape index (κ3) is 8.04. The number of ketones is 1. The maximum Gasteiger partial charge on any atom is 0.196 e. The number of ether oxygens (including phenoxy) is 1. The molecule has 2 aromatic carbocycles. The number of aliphatic hydroxyl groups excluding tert-OH is 1. The summed E-state index contributed by atoms with van der Waals surface area (Å²) in [4.78, 5) is 19.6. The van der Waals surface area contributed by atoms with E-state index in [0.29, 0.717) is 23.8 Å². The molecule has 1 atom stereocenters. The Labute approximate surface area is 275 Å². The van der Waals surface area contributed by atoms with Crippen molar-refractivity contribution in [2.24, 2.45) is 0 Å². The van der Waals surface area contributed by atoms with Crippen molar-refractivity contribution in [3.8, 4) is 11.5 Å². The van der Waals surface area contributed by atoms with Crippen LogP contribution in [0.15, 0.2) is 60.8 Å². The molecule has 0 spiro atoms. The summed E-state index contributed by atoms with van der Waals surface area (Å²) in [5.41, 5.74) is 2.91. The van der Waals surface area contributed by atoms with Crippen molar-refractivity contribution in [2.75, 3.05) is 6.61 Å². The van der Waals surface area contributed by atoms with Crippen molar-refractivity contribution in [3.05, 3.63) is 83.2 Å². The van der Waals surface area contributed by atoms with Gasteiger partial charge in [0.15, 0.2) is 5.78 Å². The summed E-state index contributed by atoms with van der Waals surface area (Å²) < 4.78 is 8.36. The molecule has 1 aliphatic heterocycles. The number of piperidine rings is 1. The summed E-state index contributed by atoms with van der Waals surface area (Å²) in [6.07, 6.45) is 13.5. The molecule has 1 aliphatic carbocycles. The molecule has 7 nitrogen and oxygen atoms in total. The van der Waals surface area contributed by atoms with Crippen LogP contribution in [0.4, 0.5) is 0 Å². The Morgan fingerprint density at radius 2 is 1.67 bits per heavy atom. The first-order valence-electron chi connectivity index (χ1n) is 17.4. The average molecular weight is 631 g/mol. The van der Waals surface area contributed by atoms with Crippen LogP contribution >= 0.6 is 0 Å². The number of aromatic nitrogens is 1. The standard InChI is InChI=1S/C39H54N2O5/c1-6-7-14-28-21-22-40(30-25-38(2,3)41(39(4,5)26-30)46-32-17-12-9-13-18-32)35(28)23-31(42)27-45-33-19-20-34(36(43)24-33)37(44)29-15-10-8-11-16-29/h8,10-11,15-16,19-22,24,30-32,42-43H,6-7,9,12-14,17-18,23,25-27H2,1-5H3. The van der Waals surface area contributed by atoms with Crippen LogP contribution in [0.5, 0.6) is 11.5 Å². The van der Waals surface area contributed by atoms with Crippen molar-refractivity contribution in [3.63, 3.8) is 0 Å². The molecule has 0 amide bonds. The van der Waals surface area contributed by atoms with E-state index in [9.17, 15) is 15.0 Å². The number of carbonyl (C=O) groups is 1. The second-order valence-corrected chi connectivity index (χ2v) is 14.7. The second kappa shape index (κ2) is 14.7. The highest BCUT2D eigenvalue weighted by Crippen LogP contribution is 2.45. The van der Waals surface area contributed by atoms with Crippen LogP contribution in [0.3, 0.4) is 0 Å². The van der Waals surface area contributed by atoms with E-state index in [0.717, 1.165) is 44.9 Å². The Kier molecular flexibility index (Phi) is 11.0. The van der Waals surface area contributed by atoms with Crippen LogP contribution in [-0.4, -0.2) is 55.5 Å². The van der Waals surface area contributed by atoms with E-state index in [1.54, 1.807) is 36.4 Å². The summed E-state index contributed by atoms with van der Waals surface area (Å²) >= 11 is 0. The molecule has 0 radical (unpaired) electrons. The van der Waals surface area contributed by atoms with Gasteiger partial charge < -0.3 is 19.5 Å². The Hall–Kier alpha value is -3.13. The molecule has 2 N–H and O–H groups in total. The summed E-state index contributed by atoms with van der Waals surface area (Å²) in [5.74, 6) is 0.0278. The molecule has 1 saturated heterocycles. The molecule has 1 saturated carbocycles. The Bertz CT molecular complexity index is 1420. The van der Waals surface area contributed by atoms with Gasteiger partial charge >= 0.3 is 0 Å². The summed E-state index contributed by atoms with van der Waals surface area (Å²) in [6.45, 7) is 11.5. The maximum absolute atomic E-state index is 12.8. The largest absolute Gasteiger partial charge is 0.507 e. The van der Waals surface area contributed by atoms with Crippen LogP contribution < -0.4 is 4.74 Å². The number of hydrogen-bond donors (Lipinski definition) is 2. The van der Waals surface area contributed by atoms with Gasteiger partial charge in [-0.1, -0.05) is 62.9 Å². The van der Waals surface area contributed by atoms with Crippen molar-refractivity contribution in [1.82, 2.24) is 9.63 Å². The number of phenolic OH excluding ortho intramolecular Hbond substituents is 1. The topological polar surface area (TPSA) is 84.2 Å². The van der Waals surface area contributed by atoms with Gasteiger partial charge in [-0.2, -0.15) is 5.06 Å². The van der Waals surface area contributed by atoms with Crippen molar-refractivity contribution < 1.29 is 24.6 Å². The number of aliphatic hydroxyl groups is 1. The number of aromatic hydroxyl groups is 1. The Morgan fingerprint density at radius 1 is 0.978 bits per heavy atom. The third-order valence-corrected chi connectivity index (χ3v) is 9.81. The molecule has 5 rings (SSSR count). The second-order valence-electron chi connectivity index (χ2n) is 14.7. The summed E-state index contributed by atoms with van der Waals surface area (Å²) in [6, 6.07) is 16.1. The van der Waals surface area contributed by atoms with Gasteiger partial charge in [0.2, 0.25) is 0 Å². The first-order chi connectivity index (χ1) is 22.0. The highest BCUT2D eigenvalue weighted by atomic mass is 16.7. The molecule has 1 aromatic heterocycles.